The van der Waals surface area contributed by atoms with Crippen molar-refractivity contribution in [2.75, 3.05) is 20.6 Å². The summed E-state index contributed by atoms with van der Waals surface area (Å²) in [5, 5.41) is 0. The summed E-state index contributed by atoms with van der Waals surface area (Å²) < 4.78 is 0.449. The Bertz CT molecular complexity index is 243. The van der Waals surface area contributed by atoms with Crippen LogP contribution >= 0.6 is 0 Å². The minimum Gasteiger partial charge on any atom is -0.261 e. The molecule has 0 aliphatic heterocycles. The first-order valence-electron chi connectivity index (χ1n) is 6.95. The highest BCUT2D eigenvalue weighted by molar-refractivity contribution is 5.86. The highest BCUT2D eigenvalue weighted by atomic mass is 16.2. The second kappa shape index (κ2) is 8.46. The van der Waals surface area contributed by atoms with E-state index in [1.165, 1.54) is 38.5 Å². The van der Waals surface area contributed by atoms with E-state index in [-0.39, 0.29) is 5.91 Å². The van der Waals surface area contributed by atoms with Gasteiger partial charge in [0.15, 0.2) is 0 Å². The molecule has 100 valence electrons. The van der Waals surface area contributed by atoms with Gasteiger partial charge in [-0.25, -0.2) is 4.79 Å². The topological polar surface area (TPSA) is 17.1 Å². The van der Waals surface area contributed by atoms with E-state index in [4.69, 9.17) is 0 Å². The Kier molecular flexibility index (Phi) is 8.15. The second-order valence-corrected chi connectivity index (χ2v) is 5.62. The highest BCUT2D eigenvalue weighted by Crippen LogP contribution is 2.11. The third-order valence-electron chi connectivity index (χ3n) is 3.24. The van der Waals surface area contributed by atoms with Gasteiger partial charge in [-0.3, -0.25) is 4.48 Å². The molecule has 0 aromatic carbocycles. The van der Waals surface area contributed by atoms with Gasteiger partial charge in [-0.05, 0) is 19.8 Å². The van der Waals surface area contributed by atoms with Crippen LogP contribution in [0.2, 0.25) is 0 Å². The van der Waals surface area contributed by atoms with Crippen LogP contribution in [-0.4, -0.2) is 31.0 Å². The zero-order valence-electron chi connectivity index (χ0n) is 12.2. The first kappa shape index (κ1) is 16.4. The number of quaternary nitrogens is 1. The van der Waals surface area contributed by atoms with Crippen LogP contribution < -0.4 is 0 Å². The van der Waals surface area contributed by atoms with Crippen LogP contribution in [-0.2, 0) is 4.79 Å². The lowest BCUT2D eigenvalue weighted by molar-refractivity contribution is -0.812. The SMILES string of the molecule is C=C(C)C(=O)[N+](C)(C)CCCCCCCCC. The van der Waals surface area contributed by atoms with E-state index >= 15 is 0 Å². The van der Waals surface area contributed by atoms with Crippen molar-refractivity contribution in [3.63, 3.8) is 0 Å². The van der Waals surface area contributed by atoms with E-state index in [1.807, 2.05) is 14.1 Å². The molecule has 0 fully saturated rings. The summed E-state index contributed by atoms with van der Waals surface area (Å²) in [5.74, 6) is 0.163. The standard InChI is InChI=1S/C15H30NO/c1-6-7-8-9-10-11-12-13-16(4,5)15(17)14(2)3/h2,6-13H2,1,3-5H3/q+1. The molecule has 0 aliphatic carbocycles. The zero-order chi connectivity index (χ0) is 13.3. The summed E-state index contributed by atoms with van der Waals surface area (Å²) in [6.45, 7) is 8.70. The smallest absolute Gasteiger partial charge is 0.261 e. The van der Waals surface area contributed by atoms with E-state index in [0.29, 0.717) is 10.1 Å². The molecule has 0 atom stereocenters. The second-order valence-electron chi connectivity index (χ2n) is 5.62. The summed E-state index contributed by atoms with van der Waals surface area (Å²) in [7, 11) is 3.96. The number of rotatable bonds is 9. The van der Waals surface area contributed by atoms with Crippen molar-refractivity contribution in [3.05, 3.63) is 12.2 Å². The first-order chi connectivity index (χ1) is 7.91. The number of carbonyl (C=O) groups is 1. The summed E-state index contributed by atoms with van der Waals surface area (Å²) >= 11 is 0. The lowest BCUT2D eigenvalue weighted by Gasteiger charge is -2.26. The average molecular weight is 240 g/mol. The Morgan fingerprint density at radius 1 is 1.00 bits per heavy atom. The molecule has 0 heterocycles. The molecule has 1 amide bonds. The number of likely N-dealkylation sites (N-methyl/N-ethyl adjacent to an activating group) is 1. The van der Waals surface area contributed by atoms with Crippen LogP contribution in [0.25, 0.3) is 0 Å². The van der Waals surface area contributed by atoms with Gasteiger partial charge in [0.05, 0.1) is 20.6 Å². The van der Waals surface area contributed by atoms with E-state index in [1.54, 1.807) is 6.92 Å². The van der Waals surface area contributed by atoms with Gasteiger partial charge in [-0.2, -0.15) is 0 Å². The normalized spacial score (nSPS) is 11.5. The molecule has 0 radical (unpaired) electrons. The fourth-order valence-corrected chi connectivity index (χ4v) is 2.08. The summed E-state index contributed by atoms with van der Waals surface area (Å²) in [5.41, 5.74) is 0.665. The predicted octanol–water partition coefficient (Wildman–Crippen LogP) is 3.92. The highest BCUT2D eigenvalue weighted by Gasteiger charge is 2.25. The summed E-state index contributed by atoms with van der Waals surface area (Å²) in [4.78, 5) is 11.8. The van der Waals surface area contributed by atoms with Gasteiger partial charge < -0.3 is 0 Å². The fourth-order valence-electron chi connectivity index (χ4n) is 2.08. The molecular formula is C15H30NO+. The summed E-state index contributed by atoms with van der Waals surface area (Å²) in [6, 6.07) is 0. The molecule has 0 aliphatic rings. The van der Waals surface area contributed by atoms with Crippen molar-refractivity contribution in [2.45, 2.75) is 58.8 Å². The van der Waals surface area contributed by atoms with E-state index < -0.39 is 0 Å². The Labute approximate surface area is 107 Å². The van der Waals surface area contributed by atoms with Gasteiger partial charge in [-0.1, -0.05) is 45.6 Å². The van der Waals surface area contributed by atoms with Crippen molar-refractivity contribution in [2.24, 2.45) is 0 Å². The third-order valence-corrected chi connectivity index (χ3v) is 3.24. The molecule has 0 saturated carbocycles. The molecular weight excluding hydrogens is 210 g/mol. The molecule has 0 aromatic heterocycles. The van der Waals surface area contributed by atoms with Crippen LogP contribution in [0.15, 0.2) is 12.2 Å². The van der Waals surface area contributed by atoms with Crippen molar-refractivity contribution >= 4 is 5.91 Å². The monoisotopic (exact) mass is 240 g/mol. The van der Waals surface area contributed by atoms with Gasteiger partial charge in [0.1, 0.15) is 0 Å². The van der Waals surface area contributed by atoms with Crippen LogP contribution in [0, 0.1) is 0 Å². The maximum Gasteiger partial charge on any atom is 0.340 e. The molecule has 0 rings (SSSR count). The minimum absolute atomic E-state index is 0.163. The molecule has 17 heavy (non-hydrogen) atoms. The van der Waals surface area contributed by atoms with Gasteiger partial charge in [0.2, 0.25) is 0 Å². The zero-order valence-corrected chi connectivity index (χ0v) is 12.2. The van der Waals surface area contributed by atoms with Crippen LogP contribution in [0.5, 0.6) is 0 Å². The van der Waals surface area contributed by atoms with Gasteiger partial charge in [-0.15, -0.1) is 0 Å². The molecule has 2 nitrogen and oxygen atoms in total. The van der Waals surface area contributed by atoms with Gasteiger partial charge >= 0.3 is 5.91 Å². The van der Waals surface area contributed by atoms with E-state index in [2.05, 4.69) is 13.5 Å². The fraction of sp³-hybridized carbons (Fsp3) is 0.800. The number of hydrogen-bond acceptors (Lipinski definition) is 1. The molecule has 2 heteroatoms. The Morgan fingerprint density at radius 3 is 1.94 bits per heavy atom. The lowest BCUT2D eigenvalue weighted by Crippen LogP contribution is -2.46. The maximum atomic E-state index is 11.8. The Balaban J connectivity index is 3.66. The quantitative estimate of drug-likeness (QED) is 0.339. The first-order valence-corrected chi connectivity index (χ1v) is 6.95. The minimum atomic E-state index is 0.163. The largest absolute Gasteiger partial charge is 0.340 e. The predicted molar refractivity (Wildman–Crippen MR) is 74.8 cm³/mol. The average Bonchev–Trinajstić information content (AvgIpc) is 2.26. The molecule has 0 bridgehead atoms. The third kappa shape index (κ3) is 7.32. The summed E-state index contributed by atoms with van der Waals surface area (Å²) in [6.07, 6.45) is 9.05. The number of amides is 1. The van der Waals surface area contributed by atoms with E-state index in [9.17, 15) is 4.79 Å². The molecule has 0 unspecified atom stereocenters. The van der Waals surface area contributed by atoms with Crippen molar-refractivity contribution in [1.82, 2.24) is 0 Å². The van der Waals surface area contributed by atoms with Gasteiger partial charge in [0.25, 0.3) is 0 Å². The Morgan fingerprint density at radius 2 is 1.47 bits per heavy atom. The maximum absolute atomic E-state index is 11.8. The number of unbranched alkanes of at least 4 members (excludes halogenated alkanes) is 6. The number of hydrogen-bond donors (Lipinski definition) is 0. The number of carbonyl (C=O) groups excluding carboxylic acids is 1. The molecule has 0 saturated heterocycles. The van der Waals surface area contributed by atoms with Crippen LogP contribution in [0.1, 0.15) is 58.8 Å². The Hall–Kier alpha value is -0.630. The van der Waals surface area contributed by atoms with E-state index in [0.717, 1.165) is 13.0 Å². The van der Waals surface area contributed by atoms with Crippen LogP contribution in [0.3, 0.4) is 0 Å². The van der Waals surface area contributed by atoms with Crippen molar-refractivity contribution < 1.29 is 9.28 Å². The molecule has 0 N–H and O–H groups in total. The van der Waals surface area contributed by atoms with Gasteiger partial charge in [0, 0.05) is 5.57 Å². The molecule has 0 aromatic rings. The van der Waals surface area contributed by atoms with Crippen molar-refractivity contribution in [3.8, 4) is 0 Å². The molecule has 0 spiro atoms. The lowest BCUT2D eigenvalue weighted by atomic mass is 10.1. The van der Waals surface area contributed by atoms with Crippen LogP contribution in [0.4, 0.5) is 0 Å². The number of nitrogens with zero attached hydrogens (tertiary/aromatic N) is 1. The van der Waals surface area contributed by atoms with Crippen molar-refractivity contribution in [1.29, 1.82) is 0 Å².